The van der Waals surface area contributed by atoms with Gasteiger partial charge in [-0.15, -0.1) is 0 Å². The van der Waals surface area contributed by atoms with Crippen molar-refractivity contribution in [2.45, 2.75) is 13.2 Å². The summed E-state index contributed by atoms with van der Waals surface area (Å²) in [6.07, 6.45) is 0. The molecule has 0 aliphatic heterocycles. The highest BCUT2D eigenvalue weighted by atomic mass is 19.1. The monoisotopic (exact) mass is 268 g/mol. The molecule has 0 saturated heterocycles. The van der Waals surface area contributed by atoms with Gasteiger partial charge in [-0.05, 0) is 23.8 Å². The molecule has 0 aromatic heterocycles. The SMILES string of the molecule is OCc1cc(F)c(OCc2ccccc2F)c(F)c1. The highest BCUT2D eigenvalue weighted by molar-refractivity contribution is 5.31. The second-order valence-electron chi connectivity index (χ2n) is 3.93. The standard InChI is InChI=1S/C14H11F3O2/c15-11-4-2-1-3-10(11)8-19-14-12(16)5-9(7-18)6-13(14)17/h1-6,18H,7-8H2. The predicted molar refractivity (Wildman–Crippen MR) is 63.0 cm³/mol. The Kier molecular flexibility index (Phi) is 4.06. The molecule has 0 fully saturated rings. The zero-order valence-electron chi connectivity index (χ0n) is 9.87. The largest absolute Gasteiger partial charge is 0.483 e. The molecular weight excluding hydrogens is 257 g/mol. The van der Waals surface area contributed by atoms with Crippen molar-refractivity contribution < 1.29 is 23.0 Å². The molecule has 5 heteroatoms. The molecule has 0 heterocycles. The third kappa shape index (κ3) is 3.06. The topological polar surface area (TPSA) is 29.5 Å². The Balaban J connectivity index is 2.18. The van der Waals surface area contributed by atoms with Gasteiger partial charge in [0.2, 0.25) is 0 Å². The highest BCUT2D eigenvalue weighted by Gasteiger charge is 2.13. The van der Waals surface area contributed by atoms with Crippen molar-refractivity contribution in [1.29, 1.82) is 0 Å². The smallest absolute Gasteiger partial charge is 0.191 e. The van der Waals surface area contributed by atoms with Crippen LogP contribution in [-0.4, -0.2) is 5.11 Å². The van der Waals surface area contributed by atoms with Gasteiger partial charge >= 0.3 is 0 Å². The summed E-state index contributed by atoms with van der Waals surface area (Å²) in [6.45, 7) is -0.750. The Morgan fingerprint density at radius 3 is 2.16 bits per heavy atom. The summed E-state index contributed by atoms with van der Waals surface area (Å²) < 4.78 is 45.3. The molecule has 1 N–H and O–H groups in total. The normalized spacial score (nSPS) is 10.5. The fourth-order valence-electron chi connectivity index (χ4n) is 1.61. The van der Waals surface area contributed by atoms with Crippen LogP contribution in [0.15, 0.2) is 36.4 Å². The molecule has 0 spiro atoms. The third-order valence-electron chi connectivity index (χ3n) is 2.57. The predicted octanol–water partition coefficient (Wildman–Crippen LogP) is 3.18. The van der Waals surface area contributed by atoms with Crippen LogP contribution in [0.3, 0.4) is 0 Å². The molecule has 100 valence electrons. The maximum atomic E-state index is 13.5. The summed E-state index contributed by atoms with van der Waals surface area (Å²) in [5, 5.41) is 8.80. The van der Waals surface area contributed by atoms with Crippen LogP contribution >= 0.6 is 0 Å². The summed E-state index contributed by atoms with van der Waals surface area (Å²) in [5.74, 6) is -2.95. The Hall–Kier alpha value is -2.01. The molecule has 0 aliphatic rings. The van der Waals surface area contributed by atoms with Crippen molar-refractivity contribution in [3.63, 3.8) is 0 Å². The van der Waals surface area contributed by atoms with Crippen LogP contribution in [0.1, 0.15) is 11.1 Å². The van der Waals surface area contributed by atoms with Gasteiger partial charge in [0, 0.05) is 5.56 Å². The van der Waals surface area contributed by atoms with Crippen LogP contribution in [-0.2, 0) is 13.2 Å². The Labute approximate surface area is 108 Å². The van der Waals surface area contributed by atoms with Crippen LogP contribution in [0.5, 0.6) is 5.75 Å². The summed E-state index contributed by atoms with van der Waals surface area (Å²) in [6, 6.07) is 7.76. The van der Waals surface area contributed by atoms with E-state index in [-0.39, 0.29) is 17.7 Å². The van der Waals surface area contributed by atoms with E-state index in [1.54, 1.807) is 6.07 Å². The number of rotatable bonds is 4. The molecule has 2 aromatic carbocycles. The molecule has 0 radical (unpaired) electrons. The van der Waals surface area contributed by atoms with E-state index < -0.39 is 29.8 Å². The lowest BCUT2D eigenvalue weighted by Gasteiger charge is -2.10. The molecule has 0 atom stereocenters. The first-order valence-corrected chi connectivity index (χ1v) is 5.57. The van der Waals surface area contributed by atoms with E-state index >= 15 is 0 Å². The zero-order chi connectivity index (χ0) is 13.8. The maximum absolute atomic E-state index is 13.5. The van der Waals surface area contributed by atoms with Gasteiger partial charge in [-0.25, -0.2) is 13.2 Å². The number of halogens is 3. The molecule has 0 bridgehead atoms. The molecule has 0 unspecified atom stereocenters. The van der Waals surface area contributed by atoms with Crippen molar-refractivity contribution in [2.75, 3.05) is 0 Å². The molecule has 2 aromatic rings. The van der Waals surface area contributed by atoms with Crippen molar-refractivity contribution in [3.05, 3.63) is 65.0 Å². The van der Waals surface area contributed by atoms with Crippen molar-refractivity contribution >= 4 is 0 Å². The summed E-state index contributed by atoms with van der Waals surface area (Å²) in [5.41, 5.74) is 0.306. The maximum Gasteiger partial charge on any atom is 0.191 e. The highest BCUT2D eigenvalue weighted by Crippen LogP contribution is 2.24. The van der Waals surface area contributed by atoms with E-state index in [9.17, 15) is 13.2 Å². The second-order valence-corrected chi connectivity index (χ2v) is 3.93. The fourth-order valence-corrected chi connectivity index (χ4v) is 1.61. The Morgan fingerprint density at radius 1 is 0.947 bits per heavy atom. The van der Waals surface area contributed by atoms with E-state index in [1.165, 1.54) is 18.2 Å². The lowest BCUT2D eigenvalue weighted by molar-refractivity contribution is 0.263. The Bertz CT molecular complexity index is 562. The number of aliphatic hydroxyl groups is 1. The van der Waals surface area contributed by atoms with Gasteiger partial charge in [0.05, 0.1) is 6.61 Å². The van der Waals surface area contributed by atoms with Crippen LogP contribution < -0.4 is 4.74 Å². The number of aliphatic hydroxyl groups excluding tert-OH is 1. The van der Waals surface area contributed by atoms with Gasteiger partial charge in [-0.2, -0.15) is 0 Å². The first-order chi connectivity index (χ1) is 9.11. The van der Waals surface area contributed by atoms with Crippen LogP contribution in [0.4, 0.5) is 13.2 Å². The molecule has 2 rings (SSSR count). The van der Waals surface area contributed by atoms with Crippen LogP contribution in [0, 0.1) is 17.5 Å². The lowest BCUT2D eigenvalue weighted by Crippen LogP contribution is -2.02. The second kappa shape index (κ2) is 5.75. The van der Waals surface area contributed by atoms with Crippen molar-refractivity contribution in [2.24, 2.45) is 0 Å². The lowest BCUT2D eigenvalue weighted by atomic mass is 10.2. The Morgan fingerprint density at radius 2 is 1.58 bits per heavy atom. The molecule has 0 aliphatic carbocycles. The number of ether oxygens (including phenoxy) is 1. The average molecular weight is 268 g/mol. The number of benzene rings is 2. The van der Waals surface area contributed by atoms with Gasteiger partial charge in [0.25, 0.3) is 0 Å². The van der Waals surface area contributed by atoms with Gasteiger partial charge in [-0.3, -0.25) is 0 Å². The van der Waals surface area contributed by atoms with E-state index in [0.29, 0.717) is 0 Å². The molecule has 2 nitrogen and oxygen atoms in total. The van der Waals surface area contributed by atoms with Crippen molar-refractivity contribution in [3.8, 4) is 5.75 Å². The number of hydrogen-bond donors (Lipinski definition) is 1. The van der Waals surface area contributed by atoms with Gasteiger partial charge in [0.1, 0.15) is 12.4 Å². The minimum Gasteiger partial charge on any atom is -0.483 e. The fraction of sp³-hybridized carbons (Fsp3) is 0.143. The summed E-state index contributed by atoms with van der Waals surface area (Å²) in [7, 11) is 0. The van der Waals surface area contributed by atoms with E-state index in [0.717, 1.165) is 12.1 Å². The third-order valence-corrected chi connectivity index (χ3v) is 2.57. The summed E-state index contributed by atoms with van der Waals surface area (Å²) >= 11 is 0. The van der Waals surface area contributed by atoms with E-state index in [2.05, 4.69) is 0 Å². The van der Waals surface area contributed by atoms with E-state index in [1.807, 2.05) is 0 Å². The molecule has 19 heavy (non-hydrogen) atoms. The molecule has 0 saturated carbocycles. The first-order valence-electron chi connectivity index (χ1n) is 5.57. The van der Waals surface area contributed by atoms with Gasteiger partial charge in [0.15, 0.2) is 17.4 Å². The van der Waals surface area contributed by atoms with Gasteiger partial charge in [-0.1, -0.05) is 18.2 Å². The first kappa shape index (κ1) is 13.4. The van der Waals surface area contributed by atoms with E-state index in [4.69, 9.17) is 9.84 Å². The molecule has 0 amide bonds. The van der Waals surface area contributed by atoms with Crippen LogP contribution in [0.25, 0.3) is 0 Å². The molecular formula is C14H11F3O2. The summed E-state index contributed by atoms with van der Waals surface area (Å²) in [4.78, 5) is 0. The van der Waals surface area contributed by atoms with Gasteiger partial charge < -0.3 is 9.84 Å². The minimum atomic E-state index is -0.930. The quantitative estimate of drug-likeness (QED) is 0.922. The minimum absolute atomic E-state index is 0.105. The van der Waals surface area contributed by atoms with Crippen LogP contribution in [0.2, 0.25) is 0 Å². The van der Waals surface area contributed by atoms with Crippen molar-refractivity contribution in [1.82, 2.24) is 0 Å². The number of hydrogen-bond acceptors (Lipinski definition) is 2. The average Bonchev–Trinajstić information content (AvgIpc) is 2.39. The zero-order valence-corrected chi connectivity index (χ0v) is 9.87.